The Morgan fingerprint density at radius 3 is 1.66 bits per heavy atom. The van der Waals surface area contributed by atoms with Crippen LogP contribution in [0.1, 0.15) is 87.5 Å². The number of ether oxygens (including phenoxy) is 5. The highest BCUT2D eigenvalue weighted by Gasteiger charge is 2.51. The number of esters is 1. The van der Waals surface area contributed by atoms with Gasteiger partial charge in [0.05, 0.1) is 13.7 Å². The Hall–Kier alpha value is -5.21. The molecule has 0 radical (unpaired) electrons. The summed E-state index contributed by atoms with van der Waals surface area (Å²) in [5.74, 6) is 1.53. The van der Waals surface area contributed by atoms with Gasteiger partial charge in [-0.3, -0.25) is 4.79 Å². The number of likely N-dealkylation sites (tertiary alicyclic amines) is 1. The fourth-order valence-electron chi connectivity index (χ4n) is 7.94. The van der Waals surface area contributed by atoms with E-state index in [0.29, 0.717) is 42.3 Å². The molecular weight excluding hydrogens is 735 g/mol. The van der Waals surface area contributed by atoms with E-state index in [-0.39, 0.29) is 24.5 Å². The normalized spacial score (nSPS) is 17.5. The fourth-order valence-corrected chi connectivity index (χ4v) is 9.11. The minimum atomic E-state index is -4.47. The van der Waals surface area contributed by atoms with Crippen LogP contribution in [0.4, 0.5) is 9.59 Å². The Morgan fingerprint density at radius 1 is 0.732 bits per heavy atom. The highest BCUT2D eigenvalue weighted by molar-refractivity contribution is 6.58. The zero-order valence-electron chi connectivity index (χ0n) is 31.9. The first kappa shape index (κ1) is 40.4. The average Bonchev–Trinajstić information content (AvgIpc) is 3.16. The minimum absolute atomic E-state index is 0.0877. The van der Waals surface area contributed by atoms with Crippen LogP contribution in [0.15, 0.2) is 97.1 Å². The van der Waals surface area contributed by atoms with Gasteiger partial charge in [-0.05, 0) is 103 Å². The van der Waals surface area contributed by atoms with E-state index in [0.717, 1.165) is 52.8 Å². The SMILES string of the molecule is COc1ccc(C(C)(CCCOC(=O)N2CCC2[Si](O)(O)O)c2ccc(OC(=O)Oc3ccc(C4(c5ccc(OC(C)=O)cc5)CCCCC4)cc3)cc2)cc1. The van der Waals surface area contributed by atoms with Crippen molar-refractivity contribution in [3.63, 3.8) is 0 Å². The molecule has 1 amide bonds. The van der Waals surface area contributed by atoms with Gasteiger partial charge in [0.15, 0.2) is 0 Å². The molecular formula is C43H49NO11Si. The molecule has 2 unspecified atom stereocenters. The first-order chi connectivity index (χ1) is 26.8. The average molecular weight is 784 g/mol. The summed E-state index contributed by atoms with van der Waals surface area (Å²) >= 11 is 0. The lowest BCUT2D eigenvalue weighted by atomic mass is 9.65. The number of hydrogen-bond donors (Lipinski definition) is 3. The number of benzene rings is 4. The van der Waals surface area contributed by atoms with Gasteiger partial charge in [0.1, 0.15) is 28.7 Å². The quantitative estimate of drug-likeness (QED) is 0.0414. The van der Waals surface area contributed by atoms with Crippen molar-refractivity contribution >= 4 is 27.0 Å². The largest absolute Gasteiger partial charge is 0.519 e. The van der Waals surface area contributed by atoms with Crippen molar-refractivity contribution < 1.29 is 52.5 Å². The summed E-state index contributed by atoms with van der Waals surface area (Å²) in [5.41, 5.74) is 2.47. The van der Waals surface area contributed by atoms with Crippen molar-refractivity contribution in [1.29, 1.82) is 0 Å². The van der Waals surface area contributed by atoms with E-state index in [9.17, 15) is 28.8 Å². The number of nitrogens with zero attached hydrogens (tertiary/aromatic N) is 1. The van der Waals surface area contributed by atoms with Crippen molar-refractivity contribution in [2.75, 3.05) is 20.3 Å². The molecule has 1 heterocycles. The maximum absolute atomic E-state index is 12.9. The summed E-state index contributed by atoms with van der Waals surface area (Å²) in [6, 6.07) is 30.2. The second kappa shape index (κ2) is 17.3. The monoisotopic (exact) mass is 783 g/mol. The maximum Gasteiger partial charge on any atom is 0.519 e. The first-order valence-corrected chi connectivity index (χ1v) is 20.9. The second-order valence-corrected chi connectivity index (χ2v) is 16.8. The van der Waals surface area contributed by atoms with Crippen molar-refractivity contribution in [3.05, 3.63) is 119 Å². The fraction of sp³-hybridized carbons (Fsp3) is 0.372. The van der Waals surface area contributed by atoms with Gasteiger partial charge in [-0.1, -0.05) is 74.7 Å². The smallest absolute Gasteiger partial charge is 0.497 e. The summed E-state index contributed by atoms with van der Waals surface area (Å²) in [5, 5.41) is 0. The Kier molecular flexibility index (Phi) is 12.5. The molecule has 1 aliphatic carbocycles. The van der Waals surface area contributed by atoms with Gasteiger partial charge in [0, 0.05) is 24.3 Å². The number of hydrogen-bond acceptors (Lipinski definition) is 11. The van der Waals surface area contributed by atoms with Gasteiger partial charge < -0.3 is 43.0 Å². The van der Waals surface area contributed by atoms with Crippen LogP contribution in [-0.4, -0.2) is 72.2 Å². The topological polar surface area (TPSA) is 161 Å². The van der Waals surface area contributed by atoms with E-state index in [1.165, 1.54) is 13.3 Å². The zero-order chi connectivity index (χ0) is 39.9. The molecule has 2 aliphatic rings. The molecule has 0 spiro atoms. The summed E-state index contributed by atoms with van der Waals surface area (Å²) in [6.07, 6.45) is 5.13. The van der Waals surface area contributed by atoms with Crippen LogP contribution in [0, 0.1) is 0 Å². The first-order valence-electron chi connectivity index (χ1n) is 19.0. The van der Waals surface area contributed by atoms with E-state index >= 15 is 0 Å². The molecule has 296 valence electrons. The van der Waals surface area contributed by atoms with Crippen LogP contribution in [0.2, 0.25) is 0 Å². The summed E-state index contributed by atoms with van der Waals surface area (Å²) < 4.78 is 27.2. The second-order valence-electron chi connectivity index (χ2n) is 14.7. The maximum atomic E-state index is 12.9. The van der Waals surface area contributed by atoms with Crippen molar-refractivity contribution in [2.24, 2.45) is 0 Å². The highest BCUT2D eigenvalue weighted by Crippen LogP contribution is 2.46. The molecule has 4 aromatic rings. The summed E-state index contributed by atoms with van der Waals surface area (Å²) in [4.78, 5) is 66.9. The molecule has 6 rings (SSSR count). The van der Waals surface area contributed by atoms with E-state index in [1.807, 2.05) is 72.8 Å². The molecule has 0 aromatic heterocycles. The van der Waals surface area contributed by atoms with Crippen molar-refractivity contribution in [3.8, 4) is 23.0 Å². The molecule has 12 nitrogen and oxygen atoms in total. The number of amides is 1. The number of rotatable bonds is 13. The van der Waals surface area contributed by atoms with E-state index in [4.69, 9.17) is 23.7 Å². The lowest BCUT2D eigenvalue weighted by molar-refractivity contribution is -0.131. The lowest BCUT2D eigenvalue weighted by Crippen LogP contribution is -2.66. The predicted octanol–water partition coefficient (Wildman–Crippen LogP) is 7.20. The Bertz CT molecular complexity index is 1960. The number of methoxy groups -OCH3 is 1. The van der Waals surface area contributed by atoms with Crippen LogP contribution in [0.5, 0.6) is 23.0 Å². The Labute approximate surface area is 327 Å². The van der Waals surface area contributed by atoms with Gasteiger partial charge >= 0.3 is 27.0 Å². The molecule has 13 heteroatoms. The molecule has 3 N–H and O–H groups in total. The number of carbonyl (C=O) groups is 3. The van der Waals surface area contributed by atoms with Crippen molar-refractivity contribution in [2.45, 2.75) is 81.7 Å². The summed E-state index contributed by atoms with van der Waals surface area (Å²) in [7, 11) is -2.87. The molecule has 1 saturated carbocycles. The molecule has 1 aliphatic heterocycles. The van der Waals surface area contributed by atoms with Gasteiger partial charge in [0.25, 0.3) is 0 Å². The van der Waals surface area contributed by atoms with Crippen LogP contribution in [0.3, 0.4) is 0 Å². The third kappa shape index (κ3) is 9.24. The van der Waals surface area contributed by atoms with Crippen LogP contribution >= 0.6 is 0 Å². The standard InChI is InChI=1S/C43H49NO11Si/c1-30(45)53-36-20-12-33(13-21-36)43(26-5-4-6-27-43)34-14-22-38(23-15-34)55-41(47)54-37-18-10-32(11-19-37)42(2,31-8-16-35(51-3)17-9-31)25-7-29-52-40(46)44-28-24-39(44)56(48,49)50/h8-23,39,48-50H,4-7,24-29H2,1-3H3. The molecule has 56 heavy (non-hydrogen) atoms. The highest BCUT2D eigenvalue weighted by atomic mass is 28.4. The third-order valence-electron chi connectivity index (χ3n) is 11.2. The Morgan fingerprint density at radius 2 is 1.21 bits per heavy atom. The van der Waals surface area contributed by atoms with Crippen LogP contribution < -0.4 is 18.9 Å². The molecule has 2 atom stereocenters. The molecule has 2 fully saturated rings. The zero-order valence-corrected chi connectivity index (χ0v) is 32.9. The Balaban J connectivity index is 1.09. The van der Waals surface area contributed by atoms with Gasteiger partial charge in [-0.25, -0.2) is 9.59 Å². The molecule has 0 bridgehead atoms. The lowest BCUT2D eigenvalue weighted by Gasteiger charge is -2.41. The van der Waals surface area contributed by atoms with Crippen LogP contribution in [0.25, 0.3) is 0 Å². The van der Waals surface area contributed by atoms with Crippen molar-refractivity contribution in [1.82, 2.24) is 4.90 Å². The van der Waals surface area contributed by atoms with Gasteiger partial charge in [0.2, 0.25) is 0 Å². The van der Waals surface area contributed by atoms with E-state index < -0.39 is 32.1 Å². The number of carbonyl (C=O) groups excluding carboxylic acids is 3. The van der Waals surface area contributed by atoms with Crippen LogP contribution in [-0.2, 0) is 20.4 Å². The predicted molar refractivity (Wildman–Crippen MR) is 209 cm³/mol. The van der Waals surface area contributed by atoms with Gasteiger partial charge in [-0.2, -0.15) is 0 Å². The molecule has 1 saturated heterocycles. The summed E-state index contributed by atoms with van der Waals surface area (Å²) in [6.45, 7) is 3.84. The van der Waals surface area contributed by atoms with Gasteiger partial charge in [-0.15, -0.1) is 0 Å². The molecule has 4 aromatic carbocycles. The van der Waals surface area contributed by atoms with E-state index in [1.54, 1.807) is 31.4 Å². The minimum Gasteiger partial charge on any atom is -0.497 e. The van der Waals surface area contributed by atoms with E-state index in [2.05, 4.69) is 6.92 Å². The third-order valence-corrected chi connectivity index (χ3v) is 12.6.